The van der Waals surface area contributed by atoms with Crippen LogP contribution in [0.2, 0.25) is 5.15 Å². The van der Waals surface area contributed by atoms with Gasteiger partial charge in [0.05, 0.1) is 23.9 Å². The molecule has 1 saturated heterocycles. The maximum atomic E-state index is 12.5. The minimum atomic E-state index is -3.04. The molecule has 0 radical (unpaired) electrons. The molecule has 0 saturated carbocycles. The summed E-state index contributed by atoms with van der Waals surface area (Å²) in [7, 11) is -3.04. The summed E-state index contributed by atoms with van der Waals surface area (Å²) in [4.78, 5) is 22.0. The molecule has 0 aliphatic carbocycles. The molecule has 1 unspecified atom stereocenters. The zero-order chi connectivity index (χ0) is 15.5. The molecule has 1 aliphatic heterocycles. The lowest BCUT2D eigenvalue weighted by Crippen LogP contribution is -2.42. The van der Waals surface area contributed by atoms with Gasteiger partial charge in [-0.2, -0.15) is 0 Å². The minimum Gasteiger partial charge on any atom is -0.333 e. The highest BCUT2D eigenvalue weighted by Crippen LogP contribution is 2.20. The average molecular weight is 332 g/mol. The van der Waals surface area contributed by atoms with Crippen LogP contribution in [0.15, 0.2) is 12.4 Å². The van der Waals surface area contributed by atoms with E-state index in [4.69, 9.17) is 11.6 Å². The number of rotatable bonds is 5. The normalized spacial score (nSPS) is 20.4. The van der Waals surface area contributed by atoms with Crippen molar-refractivity contribution in [3.63, 3.8) is 0 Å². The predicted octanol–water partition coefficient (Wildman–Crippen LogP) is 1.56. The number of hydrogen-bond acceptors (Lipinski definition) is 5. The van der Waals surface area contributed by atoms with Gasteiger partial charge in [-0.1, -0.05) is 24.9 Å². The standard InChI is InChI=1S/C13H18ClN3O3S/c1-2-3-5-17(10-4-6-21(19,20)9-10)13(18)11-7-16-12(14)8-15-11/h7-8,10H,2-6,9H2,1H3. The van der Waals surface area contributed by atoms with E-state index in [1.54, 1.807) is 4.90 Å². The van der Waals surface area contributed by atoms with Gasteiger partial charge in [0.2, 0.25) is 0 Å². The number of halogens is 1. The molecule has 1 aromatic rings. The summed E-state index contributed by atoms with van der Waals surface area (Å²) in [6.45, 7) is 2.55. The fourth-order valence-corrected chi connectivity index (χ4v) is 4.20. The Morgan fingerprint density at radius 1 is 1.43 bits per heavy atom. The largest absolute Gasteiger partial charge is 0.333 e. The topological polar surface area (TPSA) is 80.2 Å². The van der Waals surface area contributed by atoms with Gasteiger partial charge in [0.1, 0.15) is 10.8 Å². The van der Waals surface area contributed by atoms with Gasteiger partial charge in [0.15, 0.2) is 9.84 Å². The third-order valence-electron chi connectivity index (χ3n) is 3.50. The molecule has 0 bridgehead atoms. The number of sulfone groups is 1. The van der Waals surface area contributed by atoms with Crippen LogP contribution in [0.4, 0.5) is 0 Å². The Bertz CT molecular complexity index is 604. The van der Waals surface area contributed by atoms with Crippen LogP contribution in [0.3, 0.4) is 0 Å². The lowest BCUT2D eigenvalue weighted by molar-refractivity contribution is 0.0687. The summed E-state index contributed by atoms with van der Waals surface area (Å²) in [5, 5.41) is 0.218. The molecule has 1 atom stereocenters. The fraction of sp³-hybridized carbons (Fsp3) is 0.615. The number of hydrogen-bond donors (Lipinski definition) is 0. The lowest BCUT2D eigenvalue weighted by atomic mass is 10.2. The highest BCUT2D eigenvalue weighted by molar-refractivity contribution is 7.91. The van der Waals surface area contributed by atoms with Crippen molar-refractivity contribution in [3.05, 3.63) is 23.2 Å². The maximum Gasteiger partial charge on any atom is 0.274 e. The number of carbonyl (C=O) groups is 1. The van der Waals surface area contributed by atoms with Gasteiger partial charge in [-0.15, -0.1) is 0 Å². The van der Waals surface area contributed by atoms with Gasteiger partial charge < -0.3 is 4.90 Å². The summed E-state index contributed by atoms with van der Waals surface area (Å²) < 4.78 is 23.3. The number of carbonyl (C=O) groups excluding carboxylic acids is 1. The van der Waals surface area contributed by atoms with Gasteiger partial charge in [0.25, 0.3) is 5.91 Å². The van der Waals surface area contributed by atoms with Crippen molar-refractivity contribution in [2.45, 2.75) is 32.2 Å². The number of nitrogens with zero attached hydrogens (tertiary/aromatic N) is 3. The molecule has 8 heteroatoms. The summed E-state index contributed by atoms with van der Waals surface area (Å²) in [6, 6.07) is -0.272. The third-order valence-corrected chi connectivity index (χ3v) is 5.45. The predicted molar refractivity (Wildman–Crippen MR) is 80.0 cm³/mol. The lowest BCUT2D eigenvalue weighted by Gasteiger charge is -2.27. The molecular weight excluding hydrogens is 314 g/mol. The Hall–Kier alpha value is -1.21. The minimum absolute atomic E-state index is 0.0312. The average Bonchev–Trinajstić information content (AvgIpc) is 2.80. The van der Waals surface area contributed by atoms with Gasteiger partial charge in [0, 0.05) is 12.6 Å². The van der Waals surface area contributed by atoms with E-state index < -0.39 is 9.84 Å². The van der Waals surface area contributed by atoms with E-state index in [-0.39, 0.29) is 34.3 Å². The Morgan fingerprint density at radius 2 is 2.19 bits per heavy atom. The first-order chi connectivity index (χ1) is 9.93. The third kappa shape index (κ3) is 4.14. The van der Waals surface area contributed by atoms with E-state index in [1.807, 2.05) is 6.92 Å². The van der Waals surface area contributed by atoms with Crippen molar-refractivity contribution >= 4 is 27.3 Å². The number of aromatic nitrogens is 2. The van der Waals surface area contributed by atoms with Crippen molar-refractivity contribution in [2.75, 3.05) is 18.1 Å². The zero-order valence-electron chi connectivity index (χ0n) is 11.8. The second-order valence-corrected chi connectivity index (χ2v) is 7.75. The highest BCUT2D eigenvalue weighted by Gasteiger charge is 2.35. The van der Waals surface area contributed by atoms with Crippen molar-refractivity contribution in [1.29, 1.82) is 0 Å². The maximum absolute atomic E-state index is 12.5. The van der Waals surface area contributed by atoms with Crippen LogP contribution in [0.5, 0.6) is 0 Å². The fourth-order valence-electron chi connectivity index (χ4n) is 2.37. The van der Waals surface area contributed by atoms with Crippen LogP contribution >= 0.6 is 11.6 Å². The quantitative estimate of drug-likeness (QED) is 0.818. The molecule has 21 heavy (non-hydrogen) atoms. The smallest absolute Gasteiger partial charge is 0.274 e. The monoisotopic (exact) mass is 331 g/mol. The van der Waals surface area contributed by atoms with Crippen molar-refractivity contribution in [1.82, 2.24) is 14.9 Å². The van der Waals surface area contributed by atoms with Gasteiger partial charge in [-0.05, 0) is 12.8 Å². The molecule has 1 fully saturated rings. The van der Waals surface area contributed by atoms with Crippen LogP contribution < -0.4 is 0 Å². The summed E-state index contributed by atoms with van der Waals surface area (Å²) in [5.41, 5.74) is 0.194. The van der Waals surface area contributed by atoms with Crippen LogP contribution in [0.25, 0.3) is 0 Å². The van der Waals surface area contributed by atoms with Gasteiger partial charge >= 0.3 is 0 Å². The van der Waals surface area contributed by atoms with Crippen LogP contribution in [0.1, 0.15) is 36.7 Å². The first kappa shape index (κ1) is 16.2. The van der Waals surface area contributed by atoms with E-state index in [0.717, 1.165) is 12.8 Å². The molecular formula is C13H18ClN3O3S. The molecule has 6 nitrogen and oxygen atoms in total. The summed E-state index contributed by atoms with van der Waals surface area (Å²) >= 11 is 5.67. The first-order valence-corrected chi connectivity index (χ1v) is 9.12. The molecule has 116 valence electrons. The molecule has 2 rings (SSSR count). The number of unbranched alkanes of at least 4 members (excludes halogenated alkanes) is 1. The molecule has 0 aromatic carbocycles. The zero-order valence-corrected chi connectivity index (χ0v) is 13.4. The molecule has 0 N–H and O–H groups in total. The Balaban J connectivity index is 2.19. The SMILES string of the molecule is CCCCN(C(=O)c1cnc(Cl)cn1)C1CCS(=O)(=O)C1. The Kier molecular flexibility index (Phi) is 5.16. The van der Waals surface area contributed by atoms with Crippen LogP contribution in [-0.4, -0.2) is 53.3 Å². The molecule has 1 aliphatic rings. The van der Waals surface area contributed by atoms with Crippen molar-refractivity contribution in [3.8, 4) is 0 Å². The second-order valence-electron chi connectivity index (χ2n) is 5.13. The second kappa shape index (κ2) is 6.70. The van der Waals surface area contributed by atoms with Crippen molar-refractivity contribution < 1.29 is 13.2 Å². The first-order valence-electron chi connectivity index (χ1n) is 6.92. The molecule has 1 amide bonds. The summed E-state index contributed by atoms with van der Waals surface area (Å²) in [6.07, 6.45) is 4.88. The molecule has 0 spiro atoms. The summed E-state index contributed by atoms with van der Waals surface area (Å²) in [5.74, 6) is -0.113. The Labute approximate surface area is 129 Å². The molecule has 2 heterocycles. The van der Waals surface area contributed by atoms with E-state index in [9.17, 15) is 13.2 Å². The van der Waals surface area contributed by atoms with E-state index in [2.05, 4.69) is 9.97 Å². The highest BCUT2D eigenvalue weighted by atomic mass is 35.5. The van der Waals surface area contributed by atoms with Gasteiger partial charge in [-0.25, -0.2) is 18.4 Å². The molecule has 1 aromatic heterocycles. The Morgan fingerprint density at radius 3 is 2.71 bits per heavy atom. The van der Waals surface area contributed by atoms with E-state index in [1.165, 1.54) is 12.4 Å². The van der Waals surface area contributed by atoms with Crippen LogP contribution in [0, 0.1) is 0 Å². The van der Waals surface area contributed by atoms with E-state index >= 15 is 0 Å². The number of amides is 1. The van der Waals surface area contributed by atoms with E-state index in [0.29, 0.717) is 13.0 Å². The van der Waals surface area contributed by atoms with Crippen molar-refractivity contribution in [2.24, 2.45) is 0 Å². The van der Waals surface area contributed by atoms with Crippen LogP contribution in [-0.2, 0) is 9.84 Å². The van der Waals surface area contributed by atoms with Gasteiger partial charge in [-0.3, -0.25) is 4.79 Å².